The first-order valence-corrected chi connectivity index (χ1v) is 10.6. The van der Waals surface area contributed by atoms with Crippen molar-refractivity contribution < 1.29 is 9.72 Å². The maximum Gasteiger partial charge on any atom is 0.293 e. The van der Waals surface area contributed by atoms with Crippen molar-refractivity contribution in [1.82, 2.24) is 10.2 Å². The van der Waals surface area contributed by atoms with E-state index in [2.05, 4.69) is 17.1 Å². The van der Waals surface area contributed by atoms with Crippen molar-refractivity contribution in [1.29, 1.82) is 0 Å². The highest BCUT2D eigenvalue weighted by Crippen LogP contribution is 2.31. The third-order valence-corrected chi connectivity index (χ3v) is 5.81. The monoisotopic (exact) mass is 388 g/mol. The predicted octanol–water partition coefficient (Wildman–Crippen LogP) is 3.44. The molecule has 154 valence electrons. The number of nitrogens with zero attached hydrogens (tertiary/aromatic N) is 3. The number of carbonyl (C=O) groups excluding carboxylic acids is 1. The summed E-state index contributed by atoms with van der Waals surface area (Å²) in [6.45, 7) is 8.02. The quantitative estimate of drug-likeness (QED) is 0.419. The number of unbranched alkanes of at least 4 members (excludes halogenated alkanes) is 1. The second kappa shape index (κ2) is 9.87. The Bertz CT molecular complexity index is 688. The van der Waals surface area contributed by atoms with Crippen LogP contribution in [0, 0.1) is 16.0 Å². The summed E-state index contributed by atoms with van der Waals surface area (Å²) in [4.78, 5) is 28.0. The van der Waals surface area contributed by atoms with Crippen LogP contribution in [0.4, 0.5) is 11.4 Å². The average Bonchev–Trinajstić information content (AvgIpc) is 3.21. The van der Waals surface area contributed by atoms with E-state index in [-0.39, 0.29) is 16.5 Å². The number of carbonyl (C=O) groups is 1. The molecule has 7 nitrogen and oxygen atoms in total. The minimum atomic E-state index is -0.385. The highest BCUT2D eigenvalue weighted by atomic mass is 16.6. The van der Waals surface area contributed by atoms with Crippen LogP contribution in [0.5, 0.6) is 0 Å². The van der Waals surface area contributed by atoms with E-state index in [1.54, 1.807) is 12.1 Å². The van der Waals surface area contributed by atoms with Crippen LogP contribution in [0.1, 0.15) is 55.8 Å². The van der Waals surface area contributed by atoms with Gasteiger partial charge in [0.25, 0.3) is 11.6 Å². The third kappa shape index (κ3) is 5.44. The molecule has 1 unspecified atom stereocenters. The fraction of sp³-hybridized carbons (Fsp3) is 0.667. The molecule has 0 spiro atoms. The lowest BCUT2D eigenvalue weighted by atomic mass is 10.0. The largest absolute Gasteiger partial charge is 0.366 e. The van der Waals surface area contributed by atoms with E-state index in [1.807, 2.05) is 4.90 Å². The van der Waals surface area contributed by atoms with E-state index >= 15 is 0 Å². The molecule has 2 fully saturated rings. The molecule has 0 saturated carbocycles. The molecule has 1 aromatic rings. The van der Waals surface area contributed by atoms with E-state index < -0.39 is 0 Å². The van der Waals surface area contributed by atoms with Gasteiger partial charge in [-0.15, -0.1) is 0 Å². The van der Waals surface area contributed by atoms with Gasteiger partial charge in [-0.25, -0.2) is 0 Å². The van der Waals surface area contributed by atoms with Gasteiger partial charge in [0.05, 0.1) is 4.92 Å². The molecular weight excluding hydrogens is 356 g/mol. The molecular formula is C21H32N4O3. The molecule has 0 bridgehead atoms. The maximum absolute atomic E-state index is 12.4. The van der Waals surface area contributed by atoms with E-state index in [0.717, 1.165) is 51.2 Å². The van der Waals surface area contributed by atoms with Crippen LogP contribution in [0.25, 0.3) is 0 Å². The summed E-state index contributed by atoms with van der Waals surface area (Å²) in [6.07, 6.45) is 6.69. The average molecular weight is 389 g/mol. The lowest BCUT2D eigenvalue weighted by molar-refractivity contribution is -0.384. The first kappa shape index (κ1) is 20.6. The van der Waals surface area contributed by atoms with Crippen molar-refractivity contribution in [2.45, 2.75) is 45.4 Å². The van der Waals surface area contributed by atoms with Gasteiger partial charge in [-0.2, -0.15) is 0 Å². The van der Waals surface area contributed by atoms with Gasteiger partial charge in [-0.3, -0.25) is 14.9 Å². The molecule has 2 heterocycles. The smallest absolute Gasteiger partial charge is 0.293 e. The zero-order valence-corrected chi connectivity index (χ0v) is 16.9. The SMILES string of the molecule is CC1CCCN(CCCCNC(=O)c2ccc(N3CCCC3)c([N+](=O)[O-])c2)C1. The van der Waals surface area contributed by atoms with Gasteiger partial charge in [-0.1, -0.05) is 6.92 Å². The van der Waals surface area contributed by atoms with Gasteiger partial charge in [0.2, 0.25) is 0 Å². The number of likely N-dealkylation sites (tertiary alicyclic amines) is 1. The summed E-state index contributed by atoms with van der Waals surface area (Å²) in [5, 5.41) is 14.4. The lowest BCUT2D eigenvalue weighted by Gasteiger charge is -2.30. The third-order valence-electron chi connectivity index (χ3n) is 5.81. The molecule has 3 rings (SSSR count). The van der Waals surface area contributed by atoms with Crippen LogP contribution in [-0.4, -0.2) is 55.0 Å². The molecule has 0 aromatic heterocycles. The summed E-state index contributed by atoms with van der Waals surface area (Å²) in [5.74, 6) is 0.551. The molecule has 0 radical (unpaired) electrons. The van der Waals surface area contributed by atoms with Gasteiger partial charge in [0.1, 0.15) is 5.69 Å². The van der Waals surface area contributed by atoms with Crippen molar-refractivity contribution >= 4 is 17.3 Å². The summed E-state index contributed by atoms with van der Waals surface area (Å²) in [6, 6.07) is 4.83. The van der Waals surface area contributed by atoms with E-state index in [0.29, 0.717) is 17.8 Å². The molecule has 0 aliphatic carbocycles. The van der Waals surface area contributed by atoms with Crippen molar-refractivity contribution in [2.24, 2.45) is 5.92 Å². The van der Waals surface area contributed by atoms with Crippen LogP contribution in [0.15, 0.2) is 18.2 Å². The van der Waals surface area contributed by atoms with E-state index in [1.165, 1.54) is 32.0 Å². The first-order chi connectivity index (χ1) is 13.5. The Kier molecular flexibility index (Phi) is 7.25. The molecule has 1 amide bonds. The summed E-state index contributed by atoms with van der Waals surface area (Å²) in [7, 11) is 0. The Hall–Kier alpha value is -2.15. The molecule has 2 aliphatic rings. The van der Waals surface area contributed by atoms with E-state index in [9.17, 15) is 14.9 Å². The van der Waals surface area contributed by atoms with Crippen LogP contribution in [0.2, 0.25) is 0 Å². The van der Waals surface area contributed by atoms with Gasteiger partial charge < -0.3 is 15.1 Å². The summed E-state index contributed by atoms with van der Waals surface area (Å²) >= 11 is 0. The number of anilines is 1. The lowest BCUT2D eigenvalue weighted by Crippen LogP contribution is -2.35. The Balaban J connectivity index is 1.47. The van der Waals surface area contributed by atoms with Crippen molar-refractivity contribution in [3.05, 3.63) is 33.9 Å². The number of hydrogen-bond donors (Lipinski definition) is 1. The minimum Gasteiger partial charge on any atom is -0.366 e. The minimum absolute atomic E-state index is 0.0220. The van der Waals surface area contributed by atoms with Crippen molar-refractivity contribution in [2.75, 3.05) is 44.2 Å². The van der Waals surface area contributed by atoms with Crippen molar-refractivity contribution in [3.8, 4) is 0 Å². The number of piperidine rings is 1. The maximum atomic E-state index is 12.4. The van der Waals surface area contributed by atoms with Crippen LogP contribution in [0.3, 0.4) is 0 Å². The summed E-state index contributed by atoms with van der Waals surface area (Å²) < 4.78 is 0. The number of nitro groups is 1. The number of nitro benzene ring substituents is 1. The second-order valence-electron chi connectivity index (χ2n) is 8.17. The molecule has 28 heavy (non-hydrogen) atoms. The van der Waals surface area contributed by atoms with Crippen LogP contribution >= 0.6 is 0 Å². The topological polar surface area (TPSA) is 78.7 Å². The van der Waals surface area contributed by atoms with Crippen molar-refractivity contribution in [3.63, 3.8) is 0 Å². The standard InChI is InChI=1S/C21H32N4O3/c1-17-7-6-12-23(16-17)11-3-2-10-22-21(26)18-8-9-19(20(15-18)25(27)28)24-13-4-5-14-24/h8-9,15,17H,2-7,10-14,16H2,1H3,(H,22,26). The van der Waals surface area contributed by atoms with Crippen LogP contribution < -0.4 is 10.2 Å². The van der Waals surface area contributed by atoms with Gasteiger partial charge in [0, 0.05) is 37.8 Å². The molecule has 2 aliphatic heterocycles. The number of rotatable bonds is 8. The zero-order chi connectivity index (χ0) is 19.9. The highest BCUT2D eigenvalue weighted by molar-refractivity contribution is 5.95. The second-order valence-corrected chi connectivity index (χ2v) is 8.17. The molecule has 7 heteroatoms. The van der Waals surface area contributed by atoms with Gasteiger partial charge >= 0.3 is 0 Å². The number of hydrogen-bond acceptors (Lipinski definition) is 5. The highest BCUT2D eigenvalue weighted by Gasteiger charge is 2.23. The van der Waals surface area contributed by atoms with Crippen LogP contribution in [-0.2, 0) is 0 Å². The normalized spacial score (nSPS) is 20.3. The molecule has 2 saturated heterocycles. The van der Waals surface area contributed by atoms with Gasteiger partial charge in [-0.05, 0) is 69.7 Å². The Labute approximate surface area is 167 Å². The molecule has 1 N–H and O–H groups in total. The number of benzene rings is 1. The first-order valence-electron chi connectivity index (χ1n) is 10.6. The number of nitrogens with one attached hydrogen (secondary N) is 1. The number of amides is 1. The van der Waals surface area contributed by atoms with E-state index in [4.69, 9.17) is 0 Å². The molecule has 1 atom stereocenters. The zero-order valence-electron chi connectivity index (χ0n) is 16.9. The Morgan fingerprint density at radius 3 is 2.71 bits per heavy atom. The Morgan fingerprint density at radius 2 is 2.00 bits per heavy atom. The summed E-state index contributed by atoms with van der Waals surface area (Å²) in [5.41, 5.74) is 1.00. The Morgan fingerprint density at radius 1 is 1.21 bits per heavy atom. The fourth-order valence-corrected chi connectivity index (χ4v) is 4.29. The predicted molar refractivity (Wildman–Crippen MR) is 111 cm³/mol. The molecule has 1 aromatic carbocycles. The fourth-order valence-electron chi connectivity index (χ4n) is 4.29. The van der Waals surface area contributed by atoms with Gasteiger partial charge in [0.15, 0.2) is 0 Å².